The van der Waals surface area contributed by atoms with Crippen molar-refractivity contribution >= 4 is 21.6 Å². The van der Waals surface area contributed by atoms with Gasteiger partial charge in [-0.1, -0.05) is 12.1 Å². The molecule has 3 heterocycles. The highest BCUT2D eigenvalue weighted by atomic mass is 32.1. The third-order valence-electron chi connectivity index (χ3n) is 4.90. The molecule has 1 aliphatic heterocycles. The molecule has 0 bridgehead atoms. The standard InChI is InChI=1S/C21H20N4O2S/c1-24-11-14(10-22-24)12-25-6-7-27-20-16(13-25)8-15(9-18(20)26)21-23-17-4-2-3-5-19(17)28-21/h2-5,8-11,26H,6-7,12-13H2,1H3. The predicted molar refractivity (Wildman–Crippen MR) is 110 cm³/mol. The Kier molecular flexibility index (Phi) is 4.26. The second-order valence-electron chi connectivity index (χ2n) is 7.05. The van der Waals surface area contributed by atoms with Crippen LogP contribution in [-0.2, 0) is 20.1 Å². The van der Waals surface area contributed by atoms with E-state index < -0.39 is 0 Å². The summed E-state index contributed by atoms with van der Waals surface area (Å²) in [5, 5.41) is 15.8. The van der Waals surface area contributed by atoms with Crippen LogP contribution in [0.15, 0.2) is 48.8 Å². The molecule has 2 aromatic carbocycles. The molecule has 0 radical (unpaired) electrons. The number of nitrogens with zero attached hydrogens (tertiary/aromatic N) is 4. The lowest BCUT2D eigenvalue weighted by molar-refractivity contribution is 0.217. The van der Waals surface area contributed by atoms with Gasteiger partial charge >= 0.3 is 0 Å². The number of benzene rings is 2. The number of rotatable bonds is 3. The van der Waals surface area contributed by atoms with Gasteiger partial charge in [0.15, 0.2) is 11.5 Å². The van der Waals surface area contributed by atoms with Crippen LogP contribution in [0.25, 0.3) is 20.8 Å². The molecule has 4 aromatic rings. The minimum absolute atomic E-state index is 0.176. The van der Waals surface area contributed by atoms with Gasteiger partial charge in [0.25, 0.3) is 0 Å². The van der Waals surface area contributed by atoms with Gasteiger partial charge in [0.2, 0.25) is 0 Å². The molecule has 0 saturated heterocycles. The van der Waals surface area contributed by atoms with Crippen molar-refractivity contribution in [1.29, 1.82) is 0 Å². The number of phenols is 1. The Bertz CT molecular complexity index is 1120. The fourth-order valence-electron chi connectivity index (χ4n) is 3.62. The van der Waals surface area contributed by atoms with E-state index in [-0.39, 0.29) is 5.75 Å². The molecule has 7 heteroatoms. The molecule has 28 heavy (non-hydrogen) atoms. The molecule has 2 aromatic heterocycles. The lowest BCUT2D eigenvalue weighted by atomic mass is 10.1. The van der Waals surface area contributed by atoms with Gasteiger partial charge in [0.1, 0.15) is 11.6 Å². The van der Waals surface area contributed by atoms with Gasteiger partial charge in [-0.15, -0.1) is 11.3 Å². The van der Waals surface area contributed by atoms with E-state index in [1.54, 1.807) is 17.4 Å². The molecular weight excluding hydrogens is 372 g/mol. The Morgan fingerprint density at radius 2 is 2.14 bits per heavy atom. The maximum absolute atomic E-state index is 10.6. The van der Waals surface area contributed by atoms with Crippen LogP contribution >= 0.6 is 11.3 Å². The van der Waals surface area contributed by atoms with Gasteiger partial charge in [-0.05, 0) is 24.3 Å². The molecule has 0 saturated carbocycles. The Balaban J connectivity index is 1.49. The van der Waals surface area contributed by atoms with E-state index in [0.29, 0.717) is 18.9 Å². The molecule has 1 N–H and O–H groups in total. The summed E-state index contributed by atoms with van der Waals surface area (Å²) in [6.07, 6.45) is 3.92. The molecule has 0 amide bonds. The van der Waals surface area contributed by atoms with Crippen LogP contribution in [0, 0.1) is 0 Å². The second-order valence-corrected chi connectivity index (χ2v) is 8.08. The van der Waals surface area contributed by atoms with Crippen molar-refractivity contribution in [2.75, 3.05) is 13.2 Å². The van der Waals surface area contributed by atoms with Crippen LogP contribution in [0.5, 0.6) is 11.5 Å². The first-order chi connectivity index (χ1) is 13.7. The largest absolute Gasteiger partial charge is 0.504 e. The lowest BCUT2D eigenvalue weighted by Gasteiger charge is -2.18. The van der Waals surface area contributed by atoms with Crippen LogP contribution in [0.3, 0.4) is 0 Å². The van der Waals surface area contributed by atoms with Crippen molar-refractivity contribution in [2.24, 2.45) is 7.05 Å². The van der Waals surface area contributed by atoms with Gasteiger partial charge in [-0.25, -0.2) is 4.98 Å². The minimum Gasteiger partial charge on any atom is -0.504 e. The van der Waals surface area contributed by atoms with Gasteiger partial charge in [-0.3, -0.25) is 9.58 Å². The van der Waals surface area contributed by atoms with Crippen molar-refractivity contribution in [3.8, 4) is 22.1 Å². The first kappa shape index (κ1) is 17.2. The number of fused-ring (bicyclic) bond motifs is 2. The number of aryl methyl sites for hydroxylation is 1. The number of hydrogen-bond donors (Lipinski definition) is 1. The van der Waals surface area contributed by atoms with E-state index in [9.17, 15) is 5.11 Å². The Labute approximate surface area is 166 Å². The van der Waals surface area contributed by atoms with Gasteiger partial charge < -0.3 is 9.84 Å². The average Bonchev–Trinajstić information content (AvgIpc) is 3.23. The van der Waals surface area contributed by atoms with Crippen LogP contribution in [0.4, 0.5) is 0 Å². The SMILES string of the molecule is Cn1cc(CN2CCOc3c(O)cc(-c4nc5ccccc5s4)cc3C2)cn1. The smallest absolute Gasteiger partial charge is 0.165 e. The molecule has 0 aliphatic carbocycles. The summed E-state index contributed by atoms with van der Waals surface area (Å²) < 4.78 is 8.83. The molecule has 6 nitrogen and oxygen atoms in total. The van der Waals surface area contributed by atoms with Gasteiger partial charge in [-0.2, -0.15) is 5.10 Å². The van der Waals surface area contributed by atoms with E-state index in [2.05, 4.69) is 22.1 Å². The number of phenolic OH excluding ortho intramolecular Hbond substituents is 1. The number of para-hydroxylation sites is 1. The van der Waals surface area contributed by atoms with Crippen LogP contribution < -0.4 is 4.74 Å². The highest BCUT2D eigenvalue weighted by Crippen LogP contribution is 2.39. The zero-order valence-electron chi connectivity index (χ0n) is 15.5. The number of aromatic nitrogens is 3. The monoisotopic (exact) mass is 392 g/mol. The van der Waals surface area contributed by atoms with E-state index in [1.807, 2.05) is 42.3 Å². The van der Waals surface area contributed by atoms with Gasteiger partial charge in [0, 0.05) is 49.6 Å². The first-order valence-corrected chi connectivity index (χ1v) is 10.0. The molecule has 142 valence electrons. The van der Waals surface area contributed by atoms with E-state index in [1.165, 1.54) is 0 Å². The summed E-state index contributed by atoms with van der Waals surface area (Å²) in [5.74, 6) is 0.758. The third-order valence-corrected chi connectivity index (χ3v) is 5.98. The van der Waals surface area contributed by atoms with Gasteiger partial charge in [0.05, 0.1) is 16.4 Å². The Morgan fingerprint density at radius 1 is 1.25 bits per heavy atom. The minimum atomic E-state index is 0.176. The maximum Gasteiger partial charge on any atom is 0.165 e. The Hall–Kier alpha value is -2.90. The number of hydrogen-bond acceptors (Lipinski definition) is 6. The van der Waals surface area contributed by atoms with Crippen LogP contribution in [-0.4, -0.2) is 37.9 Å². The normalized spacial score (nSPS) is 14.6. The third kappa shape index (κ3) is 3.23. The van der Waals surface area contributed by atoms with Crippen LogP contribution in [0.2, 0.25) is 0 Å². The highest BCUT2D eigenvalue weighted by molar-refractivity contribution is 7.21. The fraction of sp³-hybridized carbons (Fsp3) is 0.238. The van der Waals surface area contributed by atoms with E-state index >= 15 is 0 Å². The quantitative estimate of drug-likeness (QED) is 0.575. The molecule has 0 unspecified atom stereocenters. The lowest BCUT2D eigenvalue weighted by Crippen LogP contribution is -2.25. The number of thiazole rings is 1. The number of aromatic hydroxyl groups is 1. The summed E-state index contributed by atoms with van der Waals surface area (Å²) >= 11 is 1.63. The van der Waals surface area contributed by atoms with Crippen molar-refractivity contribution in [2.45, 2.75) is 13.1 Å². The predicted octanol–water partition coefficient (Wildman–Crippen LogP) is 3.80. The van der Waals surface area contributed by atoms with Crippen molar-refractivity contribution < 1.29 is 9.84 Å². The summed E-state index contributed by atoms with van der Waals surface area (Å²) in [4.78, 5) is 7.04. The van der Waals surface area contributed by atoms with Crippen LogP contribution in [0.1, 0.15) is 11.1 Å². The summed E-state index contributed by atoms with van der Waals surface area (Å²) in [5.41, 5.74) is 4.05. The Morgan fingerprint density at radius 3 is 2.96 bits per heavy atom. The zero-order valence-corrected chi connectivity index (χ0v) is 16.3. The number of ether oxygens (including phenoxy) is 1. The molecule has 0 fully saturated rings. The van der Waals surface area contributed by atoms with Crippen molar-refractivity contribution in [1.82, 2.24) is 19.7 Å². The van der Waals surface area contributed by atoms with E-state index in [4.69, 9.17) is 9.72 Å². The van der Waals surface area contributed by atoms with Crippen molar-refractivity contribution in [3.63, 3.8) is 0 Å². The topological polar surface area (TPSA) is 63.4 Å². The molecule has 1 aliphatic rings. The summed E-state index contributed by atoms with van der Waals surface area (Å²) in [6, 6.07) is 11.9. The fourth-order valence-corrected chi connectivity index (χ4v) is 4.57. The summed E-state index contributed by atoms with van der Waals surface area (Å²) in [6.45, 7) is 2.83. The zero-order chi connectivity index (χ0) is 19.1. The highest BCUT2D eigenvalue weighted by Gasteiger charge is 2.21. The second kappa shape index (κ2) is 6.92. The molecule has 5 rings (SSSR count). The first-order valence-electron chi connectivity index (χ1n) is 9.20. The van der Waals surface area contributed by atoms with Crippen molar-refractivity contribution in [3.05, 3.63) is 59.9 Å². The molecule has 0 atom stereocenters. The summed E-state index contributed by atoms with van der Waals surface area (Å²) in [7, 11) is 1.92. The molecule has 0 spiro atoms. The average molecular weight is 392 g/mol. The van der Waals surface area contributed by atoms with E-state index in [0.717, 1.165) is 45.0 Å². The molecular formula is C21H20N4O2S. The maximum atomic E-state index is 10.6.